The first-order valence-electron chi connectivity index (χ1n) is 11.5. The van der Waals surface area contributed by atoms with Crippen LogP contribution in [0.4, 0.5) is 4.79 Å². The first-order valence-corrected chi connectivity index (χ1v) is 11.5. The molecule has 2 aliphatic rings. The van der Waals surface area contributed by atoms with Crippen LogP contribution in [0, 0.1) is 11.8 Å². The SMILES string of the molecule is C[C@H](NC(=O)CC1CCC(CNC(=O)OCC2c3ccccc3-c3ccccc32)C1)C(=O)O. The molecule has 1 fully saturated rings. The van der Waals surface area contributed by atoms with Gasteiger partial charge in [-0.1, -0.05) is 48.5 Å². The number of hydrogen-bond donors (Lipinski definition) is 3. The zero-order valence-corrected chi connectivity index (χ0v) is 18.8. The van der Waals surface area contributed by atoms with Crippen molar-refractivity contribution in [2.75, 3.05) is 13.2 Å². The van der Waals surface area contributed by atoms with E-state index in [1.54, 1.807) is 0 Å². The smallest absolute Gasteiger partial charge is 0.407 e. The Bertz CT molecular complexity index is 991. The van der Waals surface area contributed by atoms with Crippen molar-refractivity contribution in [3.05, 3.63) is 59.7 Å². The standard InChI is InChI=1S/C26H30N2O5/c1-16(25(30)31)28-24(29)13-17-10-11-18(12-17)14-27-26(32)33-15-23-21-8-4-2-6-19(21)20-7-3-5-9-22(20)23/h2-9,16-18,23H,10-15H2,1H3,(H,27,32)(H,28,29)(H,30,31)/t16-,17?,18?/m0/s1. The number of benzene rings is 2. The van der Waals surface area contributed by atoms with Gasteiger partial charge in [-0.05, 0) is 60.3 Å². The minimum absolute atomic E-state index is 0.0331. The molecule has 3 N–H and O–H groups in total. The van der Waals surface area contributed by atoms with Crippen molar-refractivity contribution in [2.24, 2.45) is 11.8 Å². The summed E-state index contributed by atoms with van der Waals surface area (Å²) in [6, 6.07) is 15.6. The van der Waals surface area contributed by atoms with Gasteiger partial charge in [0.25, 0.3) is 0 Å². The molecule has 7 nitrogen and oxygen atoms in total. The van der Waals surface area contributed by atoms with E-state index in [9.17, 15) is 14.4 Å². The lowest BCUT2D eigenvalue weighted by Crippen LogP contribution is -2.38. The molecule has 0 bridgehead atoms. The van der Waals surface area contributed by atoms with E-state index >= 15 is 0 Å². The highest BCUT2D eigenvalue weighted by molar-refractivity contribution is 5.83. The van der Waals surface area contributed by atoms with Gasteiger partial charge in [0.15, 0.2) is 0 Å². The summed E-state index contributed by atoms with van der Waals surface area (Å²) < 4.78 is 5.59. The predicted octanol–water partition coefficient (Wildman–Crippen LogP) is 3.92. The van der Waals surface area contributed by atoms with Crippen molar-refractivity contribution in [1.29, 1.82) is 0 Å². The Hall–Kier alpha value is -3.35. The third-order valence-electron chi connectivity index (χ3n) is 6.75. The van der Waals surface area contributed by atoms with Crippen molar-refractivity contribution in [3.63, 3.8) is 0 Å². The Balaban J connectivity index is 1.22. The van der Waals surface area contributed by atoms with Gasteiger partial charge < -0.3 is 20.5 Å². The summed E-state index contributed by atoms with van der Waals surface area (Å²) in [6.45, 7) is 2.26. The van der Waals surface area contributed by atoms with Crippen LogP contribution in [0.15, 0.2) is 48.5 Å². The number of alkyl carbamates (subject to hydrolysis) is 1. The van der Waals surface area contributed by atoms with Crippen LogP contribution in [0.3, 0.4) is 0 Å². The number of carboxylic acid groups (broad SMARTS) is 1. The number of ether oxygens (including phenoxy) is 1. The molecular weight excluding hydrogens is 420 g/mol. The highest BCUT2D eigenvalue weighted by Crippen LogP contribution is 2.44. The van der Waals surface area contributed by atoms with E-state index in [0.29, 0.717) is 18.9 Å². The van der Waals surface area contributed by atoms with Gasteiger partial charge >= 0.3 is 12.1 Å². The largest absolute Gasteiger partial charge is 0.480 e. The molecule has 2 aliphatic carbocycles. The van der Waals surface area contributed by atoms with E-state index in [-0.39, 0.29) is 24.3 Å². The molecule has 0 aliphatic heterocycles. The maximum absolute atomic E-state index is 12.4. The highest BCUT2D eigenvalue weighted by atomic mass is 16.5. The van der Waals surface area contributed by atoms with Crippen molar-refractivity contribution >= 4 is 18.0 Å². The Morgan fingerprint density at radius 3 is 2.24 bits per heavy atom. The van der Waals surface area contributed by atoms with Gasteiger partial charge in [-0.15, -0.1) is 0 Å². The van der Waals surface area contributed by atoms with Crippen molar-refractivity contribution in [3.8, 4) is 11.1 Å². The average molecular weight is 451 g/mol. The maximum Gasteiger partial charge on any atom is 0.407 e. The van der Waals surface area contributed by atoms with E-state index in [1.807, 2.05) is 24.3 Å². The zero-order chi connectivity index (χ0) is 23.4. The molecule has 1 saturated carbocycles. The van der Waals surface area contributed by atoms with Crippen LogP contribution in [-0.2, 0) is 14.3 Å². The number of nitrogens with one attached hydrogen (secondary N) is 2. The summed E-state index contributed by atoms with van der Waals surface area (Å²) in [6.07, 6.45) is 2.55. The van der Waals surface area contributed by atoms with Crippen LogP contribution in [0.25, 0.3) is 11.1 Å². The van der Waals surface area contributed by atoms with Gasteiger partial charge in [-0.3, -0.25) is 9.59 Å². The van der Waals surface area contributed by atoms with Gasteiger partial charge in [0, 0.05) is 18.9 Å². The first-order chi connectivity index (χ1) is 15.9. The summed E-state index contributed by atoms with van der Waals surface area (Å²) in [5.41, 5.74) is 4.75. The second-order valence-electron chi connectivity index (χ2n) is 9.08. The van der Waals surface area contributed by atoms with Crippen LogP contribution in [-0.4, -0.2) is 42.3 Å². The molecule has 0 saturated heterocycles. The fourth-order valence-corrected chi connectivity index (χ4v) is 5.05. The molecule has 2 aromatic rings. The summed E-state index contributed by atoms with van der Waals surface area (Å²) in [4.78, 5) is 35.2. The molecule has 0 spiro atoms. The third-order valence-corrected chi connectivity index (χ3v) is 6.75. The van der Waals surface area contributed by atoms with Crippen LogP contribution >= 0.6 is 0 Å². The topological polar surface area (TPSA) is 105 Å². The van der Waals surface area contributed by atoms with Gasteiger partial charge in [0.05, 0.1) is 0 Å². The van der Waals surface area contributed by atoms with Gasteiger partial charge in [-0.2, -0.15) is 0 Å². The fraction of sp³-hybridized carbons (Fsp3) is 0.423. The monoisotopic (exact) mass is 450 g/mol. The summed E-state index contributed by atoms with van der Waals surface area (Å²) in [5.74, 6) is -0.744. The Labute approximate surface area is 193 Å². The van der Waals surface area contributed by atoms with Gasteiger partial charge in [-0.25, -0.2) is 4.79 Å². The molecule has 2 unspecified atom stereocenters. The molecule has 174 valence electrons. The summed E-state index contributed by atoms with van der Waals surface area (Å²) >= 11 is 0. The van der Waals surface area contributed by atoms with Crippen LogP contribution in [0.5, 0.6) is 0 Å². The molecule has 2 aromatic carbocycles. The lowest BCUT2D eigenvalue weighted by Gasteiger charge is -2.16. The van der Waals surface area contributed by atoms with E-state index in [4.69, 9.17) is 9.84 Å². The predicted molar refractivity (Wildman–Crippen MR) is 124 cm³/mol. The van der Waals surface area contributed by atoms with E-state index in [0.717, 1.165) is 19.3 Å². The molecule has 3 atom stereocenters. The summed E-state index contributed by atoms with van der Waals surface area (Å²) in [7, 11) is 0. The second-order valence-corrected chi connectivity index (χ2v) is 9.08. The van der Waals surface area contributed by atoms with Crippen molar-refractivity contribution in [1.82, 2.24) is 10.6 Å². The Morgan fingerprint density at radius 1 is 1.00 bits per heavy atom. The van der Waals surface area contributed by atoms with E-state index in [2.05, 4.69) is 34.9 Å². The average Bonchev–Trinajstić information content (AvgIpc) is 3.38. The highest BCUT2D eigenvalue weighted by Gasteiger charge is 2.30. The molecule has 33 heavy (non-hydrogen) atoms. The molecule has 4 rings (SSSR count). The van der Waals surface area contributed by atoms with Crippen LogP contribution in [0.1, 0.15) is 49.7 Å². The quantitative estimate of drug-likeness (QED) is 0.565. The molecule has 2 amide bonds. The van der Waals surface area contributed by atoms with Gasteiger partial charge in [0.1, 0.15) is 12.6 Å². The lowest BCUT2D eigenvalue weighted by atomic mass is 9.98. The number of rotatable bonds is 8. The Kier molecular flexibility index (Phi) is 6.96. The van der Waals surface area contributed by atoms with Crippen LogP contribution in [0.2, 0.25) is 0 Å². The van der Waals surface area contributed by atoms with Crippen LogP contribution < -0.4 is 10.6 Å². The normalized spacial score (nSPS) is 19.9. The lowest BCUT2D eigenvalue weighted by molar-refractivity contribution is -0.141. The fourth-order valence-electron chi connectivity index (χ4n) is 5.05. The minimum atomic E-state index is -1.04. The number of carboxylic acids is 1. The van der Waals surface area contributed by atoms with E-state index < -0.39 is 18.1 Å². The number of amides is 2. The number of carbonyl (C=O) groups excluding carboxylic acids is 2. The molecule has 7 heteroatoms. The Morgan fingerprint density at radius 2 is 1.61 bits per heavy atom. The maximum atomic E-state index is 12.4. The molecule has 0 aromatic heterocycles. The molecule has 0 heterocycles. The number of hydrogen-bond acceptors (Lipinski definition) is 4. The van der Waals surface area contributed by atoms with Gasteiger partial charge in [0.2, 0.25) is 5.91 Å². The van der Waals surface area contributed by atoms with Crippen molar-refractivity contribution < 1.29 is 24.2 Å². The zero-order valence-electron chi connectivity index (χ0n) is 18.8. The number of aliphatic carboxylic acids is 1. The van der Waals surface area contributed by atoms with Crippen molar-refractivity contribution in [2.45, 2.75) is 44.6 Å². The number of carbonyl (C=O) groups is 3. The summed E-state index contributed by atoms with van der Waals surface area (Å²) in [5, 5.41) is 14.3. The number of fused-ring (bicyclic) bond motifs is 3. The molecular formula is C26H30N2O5. The minimum Gasteiger partial charge on any atom is -0.480 e. The second kappa shape index (κ2) is 10.1. The first kappa shape index (κ1) is 22.8. The van der Waals surface area contributed by atoms with E-state index in [1.165, 1.54) is 29.2 Å². The third kappa shape index (κ3) is 5.35. The molecule has 0 radical (unpaired) electrons.